The van der Waals surface area contributed by atoms with Gasteiger partial charge in [0.1, 0.15) is 5.60 Å². The molecule has 0 N–H and O–H groups in total. The summed E-state index contributed by atoms with van der Waals surface area (Å²) >= 11 is 0. The van der Waals surface area contributed by atoms with E-state index < -0.39 is 12.7 Å². The Balaban J connectivity index is 2.66. The number of ether oxygens (including phenoxy) is 1. The third kappa shape index (κ3) is 6.01. The molecular weight excluding hydrogens is 281 g/mol. The molecule has 0 fully saturated rings. The zero-order chi connectivity index (χ0) is 17.0. The van der Waals surface area contributed by atoms with Crippen LogP contribution in [0.4, 0.5) is 4.79 Å². The smallest absolute Gasteiger partial charge is 0.444 e. The lowest BCUT2D eigenvalue weighted by atomic mass is 9.77. The predicted molar refractivity (Wildman–Crippen MR) is 88.7 cm³/mol. The Kier molecular flexibility index (Phi) is 6.50. The summed E-state index contributed by atoms with van der Waals surface area (Å²) in [7, 11) is -0.410. The van der Waals surface area contributed by atoms with Crippen LogP contribution in [0.3, 0.4) is 0 Å². The van der Waals surface area contributed by atoms with Gasteiger partial charge in [-0.15, -0.1) is 0 Å². The number of amides is 1. The van der Waals surface area contributed by atoms with Gasteiger partial charge in [0.05, 0.1) is 0 Å². The second-order valence-corrected chi connectivity index (χ2v) is 7.16. The van der Waals surface area contributed by atoms with Gasteiger partial charge in [0.25, 0.3) is 0 Å². The Morgan fingerprint density at radius 1 is 1.27 bits per heavy atom. The Morgan fingerprint density at radius 2 is 1.91 bits per heavy atom. The maximum atomic E-state index is 12.1. The lowest BCUT2D eigenvalue weighted by Crippen LogP contribution is -2.40. The van der Waals surface area contributed by atoms with Crippen LogP contribution in [-0.4, -0.2) is 49.0 Å². The van der Waals surface area contributed by atoms with Crippen molar-refractivity contribution >= 4 is 13.2 Å². The summed E-state index contributed by atoms with van der Waals surface area (Å²) in [6.07, 6.45) is 2.58. The first-order chi connectivity index (χ1) is 10.1. The van der Waals surface area contributed by atoms with Crippen molar-refractivity contribution in [3.05, 3.63) is 11.5 Å². The molecule has 0 atom stereocenters. The first-order valence-electron chi connectivity index (χ1n) is 8.04. The van der Waals surface area contributed by atoms with Crippen LogP contribution in [0.5, 0.6) is 0 Å². The van der Waals surface area contributed by atoms with Crippen molar-refractivity contribution in [3.8, 4) is 0 Å². The minimum atomic E-state index is -0.486. The van der Waals surface area contributed by atoms with Crippen LogP contribution in [-0.2, 0) is 14.0 Å². The fourth-order valence-electron chi connectivity index (χ4n) is 1.95. The van der Waals surface area contributed by atoms with Crippen molar-refractivity contribution in [2.75, 3.05) is 19.7 Å². The topological polar surface area (TPSA) is 48.0 Å². The molecule has 0 saturated carbocycles. The van der Waals surface area contributed by atoms with Gasteiger partial charge < -0.3 is 18.9 Å². The average molecular weight is 311 g/mol. The highest BCUT2D eigenvalue weighted by Gasteiger charge is 2.35. The van der Waals surface area contributed by atoms with E-state index in [1.807, 2.05) is 47.6 Å². The van der Waals surface area contributed by atoms with E-state index in [-0.39, 0.29) is 11.7 Å². The van der Waals surface area contributed by atoms with Crippen LogP contribution in [0.1, 0.15) is 54.9 Å². The average Bonchev–Trinajstić information content (AvgIpc) is 2.85. The van der Waals surface area contributed by atoms with E-state index in [1.165, 1.54) is 0 Å². The van der Waals surface area contributed by atoms with Gasteiger partial charge in [-0.25, -0.2) is 4.79 Å². The summed E-state index contributed by atoms with van der Waals surface area (Å²) in [5, 5.41) is 0. The van der Waals surface area contributed by atoms with Crippen molar-refractivity contribution in [2.24, 2.45) is 0 Å². The Hall–Kier alpha value is -1.01. The van der Waals surface area contributed by atoms with E-state index in [9.17, 15) is 4.79 Å². The van der Waals surface area contributed by atoms with Gasteiger partial charge in [-0.2, -0.15) is 0 Å². The van der Waals surface area contributed by atoms with Crippen LogP contribution in [0.2, 0.25) is 0 Å². The molecule has 0 aromatic carbocycles. The normalized spacial score (nSPS) is 15.8. The van der Waals surface area contributed by atoms with Gasteiger partial charge in [0, 0.05) is 25.3 Å². The van der Waals surface area contributed by atoms with Gasteiger partial charge in [0.15, 0.2) is 0 Å². The third-order valence-corrected chi connectivity index (χ3v) is 3.50. The van der Waals surface area contributed by atoms with Crippen LogP contribution in [0, 0.1) is 0 Å². The highest BCUT2D eigenvalue weighted by atomic mass is 16.6. The maximum absolute atomic E-state index is 12.1. The molecule has 0 radical (unpaired) electrons. The molecule has 1 heterocycles. The van der Waals surface area contributed by atoms with Crippen LogP contribution >= 0.6 is 0 Å². The molecule has 0 unspecified atom stereocenters. The number of rotatable bonds is 6. The van der Waals surface area contributed by atoms with Gasteiger partial charge in [0.2, 0.25) is 0 Å². The molecule has 1 rings (SSSR count). The summed E-state index contributed by atoms with van der Waals surface area (Å²) in [5.74, 6) is 0. The highest BCUT2D eigenvalue weighted by molar-refractivity contribution is 6.54. The van der Waals surface area contributed by atoms with Gasteiger partial charge in [-0.3, -0.25) is 0 Å². The van der Waals surface area contributed by atoms with E-state index in [0.717, 1.165) is 11.9 Å². The third-order valence-electron chi connectivity index (χ3n) is 3.50. The van der Waals surface area contributed by atoms with Gasteiger partial charge >= 0.3 is 13.2 Å². The Labute approximate surface area is 135 Å². The van der Waals surface area contributed by atoms with Gasteiger partial charge in [-0.1, -0.05) is 13.0 Å². The summed E-state index contributed by atoms with van der Waals surface area (Å²) < 4.78 is 17.2. The molecule has 22 heavy (non-hydrogen) atoms. The molecule has 126 valence electrons. The molecule has 0 aromatic rings. The van der Waals surface area contributed by atoms with Crippen molar-refractivity contribution in [1.82, 2.24) is 4.90 Å². The lowest BCUT2D eigenvalue weighted by molar-refractivity contribution is 0.0300. The molecule has 1 aliphatic heterocycles. The molecule has 0 bridgehead atoms. The number of carbonyl (C=O) groups excluding carboxylic acids is 1. The Bertz CT molecular complexity index is 415. The summed E-state index contributed by atoms with van der Waals surface area (Å²) in [6, 6.07) is 0. The standard InChI is InChI=1S/C16H30BNO4/c1-8-16(6,7)22-17(20-9-2)13-10-11-18(12-13)14(19)21-15(3,4)5/h10H,8-9,11-12H2,1-7H3. The first kappa shape index (κ1) is 19.0. The largest absolute Gasteiger partial charge is 0.491 e. The summed E-state index contributed by atoms with van der Waals surface area (Å²) in [4.78, 5) is 13.8. The molecule has 0 aliphatic carbocycles. The van der Waals surface area contributed by atoms with Crippen molar-refractivity contribution in [1.29, 1.82) is 0 Å². The quantitative estimate of drug-likeness (QED) is 0.705. The fourth-order valence-corrected chi connectivity index (χ4v) is 1.95. The minimum absolute atomic E-state index is 0.264. The van der Waals surface area contributed by atoms with Crippen molar-refractivity contribution in [3.63, 3.8) is 0 Å². The lowest BCUT2D eigenvalue weighted by Gasteiger charge is -2.29. The van der Waals surface area contributed by atoms with E-state index in [2.05, 4.69) is 6.92 Å². The van der Waals surface area contributed by atoms with E-state index >= 15 is 0 Å². The summed E-state index contributed by atoms with van der Waals surface area (Å²) in [5.41, 5.74) is 0.231. The van der Waals surface area contributed by atoms with E-state index in [4.69, 9.17) is 14.0 Å². The zero-order valence-corrected chi connectivity index (χ0v) is 15.1. The predicted octanol–water partition coefficient (Wildman–Crippen LogP) is 3.43. The molecule has 1 aliphatic rings. The van der Waals surface area contributed by atoms with Gasteiger partial charge in [-0.05, 0) is 53.4 Å². The SMILES string of the molecule is CCOB(OC(C)(C)CC)C1=CCN(C(=O)OC(C)(C)C)C1. The molecule has 5 nitrogen and oxygen atoms in total. The summed E-state index contributed by atoms with van der Waals surface area (Å²) in [6.45, 7) is 15.3. The first-order valence-corrected chi connectivity index (χ1v) is 8.04. The zero-order valence-electron chi connectivity index (χ0n) is 15.1. The van der Waals surface area contributed by atoms with Crippen LogP contribution in [0.25, 0.3) is 0 Å². The second kappa shape index (κ2) is 7.51. The molecule has 1 amide bonds. The minimum Gasteiger partial charge on any atom is -0.444 e. The molecule has 0 aromatic heterocycles. The van der Waals surface area contributed by atoms with E-state index in [1.54, 1.807) is 4.90 Å². The maximum Gasteiger partial charge on any atom is 0.491 e. The highest BCUT2D eigenvalue weighted by Crippen LogP contribution is 2.22. The van der Waals surface area contributed by atoms with Crippen LogP contribution < -0.4 is 0 Å². The number of hydrogen-bond acceptors (Lipinski definition) is 4. The number of carbonyl (C=O) groups is 1. The molecule has 0 spiro atoms. The monoisotopic (exact) mass is 311 g/mol. The molecule has 0 saturated heterocycles. The molecule has 6 heteroatoms. The van der Waals surface area contributed by atoms with Crippen molar-refractivity contribution < 1.29 is 18.8 Å². The molecular formula is C16H30BNO4. The Morgan fingerprint density at radius 3 is 2.41 bits per heavy atom. The fraction of sp³-hybridized carbons (Fsp3) is 0.812. The number of nitrogens with zero attached hydrogens (tertiary/aromatic N) is 1. The number of hydrogen-bond donors (Lipinski definition) is 0. The van der Waals surface area contributed by atoms with Crippen molar-refractivity contribution in [2.45, 2.75) is 66.1 Å². The van der Waals surface area contributed by atoms with E-state index in [0.29, 0.717) is 19.7 Å². The van der Waals surface area contributed by atoms with Crippen LogP contribution in [0.15, 0.2) is 11.5 Å². The second-order valence-electron chi connectivity index (χ2n) is 7.16.